The average molecular weight is 403 g/mol. The van der Waals surface area contributed by atoms with Crippen molar-refractivity contribution in [2.75, 3.05) is 7.11 Å². The number of methoxy groups -OCH3 is 1. The maximum absolute atomic E-state index is 11.4. The Hall–Kier alpha value is -2.87. The molecule has 1 aromatic heterocycles. The SMILES string of the molecule is COc1ccc(-c2n[nH]nc2C(N)=O)cc1COc1ccc(Br)cc1. The first kappa shape index (κ1) is 17.0. The Bertz CT molecular complexity index is 893. The third-order valence-electron chi connectivity index (χ3n) is 3.54. The summed E-state index contributed by atoms with van der Waals surface area (Å²) in [5, 5.41) is 10.2. The van der Waals surface area contributed by atoms with Crippen LogP contribution in [0.1, 0.15) is 16.1 Å². The number of aromatic nitrogens is 3. The molecule has 0 spiro atoms. The van der Waals surface area contributed by atoms with Crippen molar-refractivity contribution in [3.8, 4) is 22.8 Å². The van der Waals surface area contributed by atoms with Crippen LogP contribution in [0.25, 0.3) is 11.3 Å². The van der Waals surface area contributed by atoms with Gasteiger partial charge in [0.1, 0.15) is 23.8 Å². The van der Waals surface area contributed by atoms with E-state index in [0.29, 0.717) is 23.6 Å². The summed E-state index contributed by atoms with van der Waals surface area (Å²) in [4.78, 5) is 11.4. The molecule has 3 rings (SSSR count). The zero-order chi connectivity index (χ0) is 17.8. The summed E-state index contributed by atoms with van der Waals surface area (Å²) in [6.07, 6.45) is 0. The van der Waals surface area contributed by atoms with Crippen LogP contribution in [0, 0.1) is 0 Å². The lowest BCUT2D eigenvalue weighted by atomic mass is 10.1. The summed E-state index contributed by atoms with van der Waals surface area (Å²) in [6, 6.07) is 12.9. The number of nitrogens with two attached hydrogens (primary N) is 1. The fraction of sp³-hybridized carbons (Fsp3) is 0.118. The van der Waals surface area contributed by atoms with Gasteiger partial charge in [-0.2, -0.15) is 15.4 Å². The quantitative estimate of drug-likeness (QED) is 0.659. The van der Waals surface area contributed by atoms with Crippen LogP contribution in [-0.4, -0.2) is 28.4 Å². The summed E-state index contributed by atoms with van der Waals surface area (Å²) in [6.45, 7) is 0.294. The molecule has 2 aromatic carbocycles. The van der Waals surface area contributed by atoms with Crippen molar-refractivity contribution in [3.05, 3.63) is 58.2 Å². The molecule has 0 aliphatic heterocycles. The number of aromatic amines is 1. The molecule has 0 atom stereocenters. The molecule has 3 aromatic rings. The number of carbonyl (C=O) groups is 1. The minimum atomic E-state index is -0.646. The number of hydrogen-bond donors (Lipinski definition) is 2. The normalized spacial score (nSPS) is 10.5. The second-order valence-electron chi connectivity index (χ2n) is 5.15. The van der Waals surface area contributed by atoms with Gasteiger partial charge in [-0.25, -0.2) is 0 Å². The monoisotopic (exact) mass is 402 g/mol. The highest BCUT2D eigenvalue weighted by atomic mass is 79.9. The molecule has 1 heterocycles. The first-order chi connectivity index (χ1) is 12.1. The van der Waals surface area contributed by atoms with Crippen LogP contribution >= 0.6 is 15.9 Å². The van der Waals surface area contributed by atoms with Gasteiger partial charge in [-0.15, -0.1) is 0 Å². The highest BCUT2D eigenvalue weighted by molar-refractivity contribution is 9.10. The smallest absolute Gasteiger partial charge is 0.271 e. The number of carbonyl (C=O) groups excluding carboxylic acids is 1. The van der Waals surface area contributed by atoms with Crippen LogP contribution < -0.4 is 15.2 Å². The van der Waals surface area contributed by atoms with E-state index in [9.17, 15) is 4.79 Å². The summed E-state index contributed by atoms with van der Waals surface area (Å²) < 4.78 is 12.2. The Morgan fingerprint density at radius 3 is 2.64 bits per heavy atom. The Morgan fingerprint density at radius 1 is 1.20 bits per heavy atom. The van der Waals surface area contributed by atoms with E-state index in [4.69, 9.17) is 15.2 Å². The molecule has 1 amide bonds. The molecule has 0 saturated carbocycles. The van der Waals surface area contributed by atoms with Crippen molar-refractivity contribution in [1.82, 2.24) is 15.4 Å². The van der Waals surface area contributed by atoms with E-state index in [0.717, 1.165) is 15.8 Å². The van der Waals surface area contributed by atoms with Crippen LogP contribution in [0.2, 0.25) is 0 Å². The number of ether oxygens (including phenoxy) is 2. The van der Waals surface area contributed by atoms with Gasteiger partial charge in [-0.05, 0) is 42.5 Å². The van der Waals surface area contributed by atoms with Crippen molar-refractivity contribution in [2.24, 2.45) is 5.73 Å². The maximum Gasteiger partial charge on any atom is 0.271 e. The predicted molar refractivity (Wildman–Crippen MR) is 95.4 cm³/mol. The first-order valence-corrected chi connectivity index (χ1v) is 8.14. The van der Waals surface area contributed by atoms with Crippen LogP contribution in [-0.2, 0) is 6.61 Å². The van der Waals surface area contributed by atoms with E-state index >= 15 is 0 Å². The van der Waals surface area contributed by atoms with Crippen LogP contribution in [0.3, 0.4) is 0 Å². The summed E-state index contributed by atoms with van der Waals surface area (Å²) in [5.74, 6) is 0.757. The molecular weight excluding hydrogens is 388 g/mol. The Balaban J connectivity index is 1.88. The minimum Gasteiger partial charge on any atom is -0.496 e. The number of halogens is 1. The number of benzene rings is 2. The molecule has 0 aliphatic carbocycles. The topological polar surface area (TPSA) is 103 Å². The van der Waals surface area contributed by atoms with Crippen molar-refractivity contribution in [3.63, 3.8) is 0 Å². The molecule has 0 unspecified atom stereocenters. The van der Waals surface area contributed by atoms with E-state index in [1.165, 1.54) is 0 Å². The molecule has 0 fully saturated rings. The Labute approximate surface area is 152 Å². The molecule has 0 aliphatic rings. The van der Waals surface area contributed by atoms with Gasteiger partial charge >= 0.3 is 0 Å². The molecule has 0 radical (unpaired) electrons. The van der Waals surface area contributed by atoms with Crippen molar-refractivity contribution >= 4 is 21.8 Å². The molecule has 0 bridgehead atoms. The molecule has 128 valence electrons. The highest BCUT2D eigenvalue weighted by Crippen LogP contribution is 2.28. The molecule has 8 heteroatoms. The standard InChI is InChI=1S/C17H15BrN4O3/c1-24-14-7-2-10(15-16(17(19)23)21-22-20-15)8-11(14)9-25-13-5-3-12(18)4-6-13/h2-8H,9H2,1H3,(H2,19,23)(H,20,21,22). The van der Waals surface area contributed by atoms with E-state index in [-0.39, 0.29) is 5.69 Å². The molecule has 25 heavy (non-hydrogen) atoms. The predicted octanol–water partition coefficient (Wildman–Crippen LogP) is 2.92. The number of nitrogens with zero attached hydrogens (tertiary/aromatic N) is 2. The lowest BCUT2D eigenvalue weighted by molar-refractivity contribution is 0.0996. The molecular formula is C17H15BrN4O3. The van der Waals surface area contributed by atoms with Gasteiger partial charge in [0.25, 0.3) is 5.91 Å². The third kappa shape index (κ3) is 3.80. The average Bonchev–Trinajstić information content (AvgIpc) is 3.11. The van der Waals surface area contributed by atoms with Gasteiger partial charge in [-0.1, -0.05) is 15.9 Å². The van der Waals surface area contributed by atoms with Crippen molar-refractivity contribution in [1.29, 1.82) is 0 Å². The van der Waals surface area contributed by atoms with Gasteiger partial charge in [-0.3, -0.25) is 4.79 Å². The summed E-state index contributed by atoms with van der Waals surface area (Å²) in [7, 11) is 1.59. The largest absolute Gasteiger partial charge is 0.496 e. The fourth-order valence-electron chi connectivity index (χ4n) is 2.33. The van der Waals surface area contributed by atoms with Crippen LogP contribution in [0.4, 0.5) is 0 Å². The molecule has 0 saturated heterocycles. The maximum atomic E-state index is 11.4. The van der Waals surface area contributed by atoms with Crippen molar-refractivity contribution < 1.29 is 14.3 Å². The van der Waals surface area contributed by atoms with Crippen LogP contribution in [0.5, 0.6) is 11.5 Å². The van der Waals surface area contributed by atoms with E-state index in [1.54, 1.807) is 19.2 Å². The number of hydrogen-bond acceptors (Lipinski definition) is 5. The minimum absolute atomic E-state index is 0.0879. The zero-order valence-corrected chi connectivity index (χ0v) is 14.9. The fourth-order valence-corrected chi connectivity index (χ4v) is 2.60. The Morgan fingerprint density at radius 2 is 1.96 bits per heavy atom. The second kappa shape index (κ2) is 7.35. The highest BCUT2D eigenvalue weighted by Gasteiger charge is 2.17. The van der Waals surface area contributed by atoms with E-state index in [2.05, 4.69) is 31.3 Å². The first-order valence-electron chi connectivity index (χ1n) is 7.34. The van der Waals surface area contributed by atoms with Gasteiger partial charge < -0.3 is 15.2 Å². The van der Waals surface area contributed by atoms with Gasteiger partial charge in [0.15, 0.2) is 5.69 Å². The number of amides is 1. The number of H-pyrrole nitrogens is 1. The number of nitrogens with one attached hydrogen (secondary N) is 1. The van der Waals surface area contributed by atoms with Gasteiger partial charge in [0.2, 0.25) is 0 Å². The van der Waals surface area contributed by atoms with Crippen LogP contribution in [0.15, 0.2) is 46.9 Å². The second-order valence-corrected chi connectivity index (χ2v) is 6.07. The third-order valence-corrected chi connectivity index (χ3v) is 4.07. The zero-order valence-electron chi connectivity index (χ0n) is 13.3. The lowest BCUT2D eigenvalue weighted by Gasteiger charge is -2.12. The molecule has 7 nitrogen and oxygen atoms in total. The van der Waals surface area contributed by atoms with Gasteiger partial charge in [0, 0.05) is 15.6 Å². The van der Waals surface area contributed by atoms with E-state index < -0.39 is 5.91 Å². The lowest BCUT2D eigenvalue weighted by Crippen LogP contribution is -2.12. The number of rotatable bonds is 6. The van der Waals surface area contributed by atoms with Gasteiger partial charge in [0.05, 0.1) is 7.11 Å². The molecule has 3 N–H and O–H groups in total. The Kier molecular flexibility index (Phi) is 4.99. The summed E-state index contributed by atoms with van der Waals surface area (Å²) >= 11 is 3.39. The summed E-state index contributed by atoms with van der Waals surface area (Å²) in [5.41, 5.74) is 7.30. The number of primary amides is 1. The van der Waals surface area contributed by atoms with Crippen molar-refractivity contribution in [2.45, 2.75) is 6.61 Å². The van der Waals surface area contributed by atoms with E-state index in [1.807, 2.05) is 30.3 Å².